The number of ketones is 1. The summed E-state index contributed by atoms with van der Waals surface area (Å²) < 4.78 is 0. The Kier molecular flexibility index (Phi) is 7.02. The van der Waals surface area contributed by atoms with Crippen LogP contribution in [0.1, 0.15) is 33.1 Å². The summed E-state index contributed by atoms with van der Waals surface area (Å²) in [5.74, 6) is -1.99. The first-order chi connectivity index (χ1) is 6.61. The topological polar surface area (TPSA) is 57.6 Å². The van der Waals surface area contributed by atoms with Crippen LogP contribution in [-0.2, 0) is 9.59 Å². The largest absolute Gasteiger partial charge is 0.476 e. The normalized spacial score (nSPS) is 10.5. The molecule has 0 aromatic carbocycles. The van der Waals surface area contributed by atoms with E-state index in [1.54, 1.807) is 0 Å². The van der Waals surface area contributed by atoms with Gasteiger partial charge in [-0.05, 0) is 32.5 Å². The highest BCUT2D eigenvalue weighted by Gasteiger charge is 2.10. The van der Waals surface area contributed by atoms with Crippen molar-refractivity contribution in [1.29, 1.82) is 0 Å². The maximum absolute atomic E-state index is 10.7. The molecule has 0 saturated heterocycles. The van der Waals surface area contributed by atoms with Crippen LogP contribution in [0.2, 0.25) is 0 Å². The van der Waals surface area contributed by atoms with E-state index in [1.165, 1.54) is 0 Å². The summed E-state index contributed by atoms with van der Waals surface area (Å²) in [6.07, 6.45) is 1.72. The van der Waals surface area contributed by atoms with E-state index in [2.05, 4.69) is 18.7 Å². The lowest BCUT2D eigenvalue weighted by Gasteiger charge is -2.17. The quantitative estimate of drug-likeness (QED) is 0.473. The first kappa shape index (κ1) is 13.1. The molecule has 0 aliphatic heterocycles. The molecule has 0 heterocycles. The van der Waals surface area contributed by atoms with Crippen molar-refractivity contribution in [2.24, 2.45) is 0 Å². The van der Waals surface area contributed by atoms with Gasteiger partial charge in [0, 0.05) is 6.42 Å². The van der Waals surface area contributed by atoms with Crippen molar-refractivity contribution in [1.82, 2.24) is 4.90 Å². The number of hydrogen-bond acceptors (Lipinski definition) is 3. The summed E-state index contributed by atoms with van der Waals surface area (Å²) in [5.41, 5.74) is 0. The summed E-state index contributed by atoms with van der Waals surface area (Å²) >= 11 is 0. The van der Waals surface area contributed by atoms with Crippen molar-refractivity contribution >= 4 is 11.8 Å². The Bertz CT molecular complexity index is 188. The molecule has 0 aliphatic rings. The fraction of sp³-hybridized carbons (Fsp3) is 0.800. The molecule has 0 fully saturated rings. The standard InChI is InChI=1S/C10H19NO3/c1-3-11(4-2)8-6-5-7-9(12)10(13)14/h3-8H2,1-2H3,(H,13,14). The van der Waals surface area contributed by atoms with E-state index in [9.17, 15) is 9.59 Å². The minimum absolute atomic E-state index is 0.163. The number of unbranched alkanes of at least 4 members (excludes halogenated alkanes) is 1. The van der Waals surface area contributed by atoms with Crippen LogP contribution in [0.4, 0.5) is 0 Å². The van der Waals surface area contributed by atoms with E-state index >= 15 is 0 Å². The highest BCUT2D eigenvalue weighted by Crippen LogP contribution is 1.99. The average Bonchev–Trinajstić information content (AvgIpc) is 2.17. The fourth-order valence-corrected chi connectivity index (χ4v) is 1.27. The number of nitrogens with zero attached hydrogens (tertiary/aromatic N) is 1. The molecule has 82 valence electrons. The molecule has 0 bridgehead atoms. The van der Waals surface area contributed by atoms with Crippen LogP contribution < -0.4 is 0 Å². The number of Topliss-reactive ketones (excluding diaryl/α,β-unsaturated/α-hetero) is 1. The Morgan fingerprint density at radius 1 is 1.14 bits per heavy atom. The minimum atomic E-state index is -1.31. The highest BCUT2D eigenvalue weighted by atomic mass is 16.4. The molecule has 0 saturated carbocycles. The number of rotatable bonds is 8. The van der Waals surface area contributed by atoms with E-state index < -0.39 is 11.8 Å². The van der Waals surface area contributed by atoms with Crippen LogP contribution in [0.15, 0.2) is 0 Å². The fourth-order valence-electron chi connectivity index (χ4n) is 1.27. The average molecular weight is 201 g/mol. The zero-order chi connectivity index (χ0) is 11.0. The molecule has 0 amide bonds. The number of hydrogen-bond donors (Lipinski definition) is 1. The molecule has 4 heteroatoms. The van der Waals surface area contributed by atoms with E-state index in [4.69, 9.17) is 5.11 Å². The molecular formula is C10H19NO3. The van der Waals surface area contributed by atoms with Crippen LogP contribution in [0, 0.1) is 0 Å². The van der Waals surface area contributed by atoms with Crippen molar-refractivity contribution in [2.45, 2.75) is 33.1 Å². The lowest BCUT2D eigenvalue weighted by molar-refractivity contribution is -0.149. The zero-order valence-corrected chi connectivity index (χ0v) is 8.95. The van der Waals surface area contributed by atoms with Crippen molar-refractivity contribution in [3.05, 3.63) is 0 Å². The number of carboxylic acids is 1. The molecule has 1 N–H and O–H groups in total. The van der Waals surface area contributed by atoms with Gasteiger partial charge in [0.05, 0.1) is 0 Å². The van der Waals surface area contributed by atoms with E-state index in [0.717, 1.165) is 26.1 Å². The molecule has 0 spiro atoms. The van der Waals surface area contributed by atoms with Crippen LogP contribution in [0.3, 0.4) is 0 Å². The SMILES string of the molecule is CCN(CC)CCCCC(=O)C(=O)O. The molecule has 0 rings (SSSR count). The van der Waals surface area contributed by atoms with Gasteiger partial charge < -0.3 is 10.0 Å². The van der Waals surface area contributed by atoms with Gasteiger partial charge in [0.1, 0.15) is 0 Å². The molecule has 0 aliphatic carbocycles. The predicted molar refractivity (Wildman–Crippen MR) is 54.3 cm³/mol. The minimum Gasteiger partial charge on any atom is -0.476 e. The zero-order valence-electron chi connectivity index (χ0n) is 8.95. The molecule has 0 atom stereocenters. The van der Waals surface area contributed by atoms with Crippen LogP contribution in [-0.4, -0.2) is 41.4 Å². The lowest BCUT2D eigenvalue weighted by atomic mass is 10.1. The second kappa shape index (κ2) is 7.50. The van der Waals surface area contributed by atoms with Gasteiger partial charge >= 0.3 is 5.97 Å². The molecule has 0 aromatic rings. The van der Waals surface area contributed by atoms with Crippen LogP contribution >= 0.6 is 0 Å². The highest BCUT2D eigenvalue weighted by molar-refractivity contribution is 6.32. The third-order valence-electron chi connectivity index (χ3n) is 2.26. The summed E-state index contributed by atoms with van der Waals surface area (Å²) in [6, 6.07) is 0. The number of carboxylic acid groups (broad SMARTS) is 1. The predicted octanol–water partition coefficient (Wildman–Crippen LogP) is 1.15. The first-order valence-electron chi connectivity index (χ1n) is 5.10. The Morgan fingerprint density at radius 2 is 1.71 bits per heavy atom. The van der Waals surface area contributed by atoms with Crippen LogP contribution in [0.5, 0.6) is 0 Å². The van der Waals surface area contributed by atoms with Gasteiger partial charge in [-0.3, -0.25) is 4.79 Å². The maximum atomic E-state index is 10.7. The summed E-state index contributed by atoms with van der Waals surface area (Å²) in [7, 11) is 0. The second-order valence-corrected chi connectivity index (χ2v) is 3.21. The van der Waals surface area contributed by atoms with Gasteiger partial charge in [0.25, 0.3) is 0 Å². The Hall–Kier alpha value is -0.900. The van der Waals surface area contributed by atoms with Gasteiger partial charge in [-0.15, -0.1) is 0 Å². The second-order valence-electron chi connectivity index (χ2n) is 3.21. The van der Waals surface area contributed by atoms with Crippen molar-refractivity contribution in [3.63, 3.8) is 0 Å². The number of aliphatic carboxylic acids is 1. The molecule has 14 heavy (non-hydrogen) atoms. The van der Waals surface area contributed by atoms with Crippen molar-refractivity contribution in [3.8, 4) is 0 Å². The smallest absolute Gasteiger partial charge is 0.372 e. The first-order valence-corrected chi connectivity index (χ1v) is 5.10. The summed E-state index contributed by atoms with van der Waals surface area (Å²) in [6.45, 7) is 7.13. The van der Waals surface area contributed by atoms with E-state index in [1.807, 2.05) is 0 Å². The van der Waals surface area contributed by atoms with Gasteiger partial charge in [-0.1, -0.05) is 13.8 Å². The Morgan fingerprint density at radius 3 is 2.14 bits per heavy atom. The molecule has 0 radical (unpaired) electrons. The Balaban J connectivity index is 3.46. The number of carbonyl (C=O) groups excluding carboxylic acids is 1. The van der Waals surface area contributed by atoms with E-state index in [-0.39, 0.29) is 6.42 Å². The molecule has 4 nitrogen and oxygen atoms in total. The Labute approximate surface area is 84.9 Å². The lowest BCUT2D eigenvalue weighted by Crippen LogP contribution is -2.24. The van der Waals surface area contributed by atoms with Crippen molar-refractivity contribution in [2.75, 3.05) is 19.6 Å². The van der Waals surface area contributed by atoms with Crippen LogP contribution in [0.25, 0.3) is 0 Å². The third kappa shape index (κ3) is 5.70. The van der Waals surface area contributed by atoms with Gasteiger partial charge in [-0.2, -0.15) is 0 Å². The monoisotopic (exact) mass is 201 g/mol. The summed E-state index contributed by atoms with van der Waals surface area (Å²) in [4.78, 5) is 23.1. The van der Waals surface area contributed by atoms with Gasteiger partial charge in [0.2, 0.25) is 5.78 Å². The summed E-state index contributed by atoms with van der Waals surface area (Å²) in [5, 5.41) is 8.32. The third-order valence-corrected chi connectivity index (χ3v) is 2.26. The molecular weight excluding hydrogens is 182 g/mol. The van der Waals surface area contributed by atoms with Gasteiger partial charge in [0.15, 0.2) is 0 Å². The van der Waals surface area contributed by atoms with Crippen molar-refractivity contribution < 1.29 is 14.7 Å². The number of carbonyl (C=O) groups is 2. The van der Waals surface area contributed by atoms with E-state index in [0.29, 0.717) is 6.42 Å². The molecule has 0 unspecified atom stereocenters. The molecule has 0 aromatic heterocycles. The van der Waals surface area contributed by atoms with Gasteiger partial charge in [-0.25, -0.2) is 4.79 Å². The maximum Gasteiger partial charge on any atom is 0.372 e.